The fourth-order valence-electron chi connectivity index (χ4n) is 3.55. The van der Waals surface area contributed by atoms with Crippen LogP contribution in [0.25, 0.3) is 0 Å². The maximum atomic E-state index is 12.5. The van der Waals surface area contributed by atoms with Crippen molar-refractivity contribution in [1.29, 1.82) is 0 Å². The predicted octanol–water partition coefficient (Wildman–Crippen LogP) is 1.96. The number of fused-ring (bicyclic) bond motifs is 1. The van der Waals surface area contributed by atoms with Crippen molar-refractivity contribution in [3.05, 3.63) is 47.5 Å². The van der Waals surface area contributed by atoms with Crippen LogP contribution in [-0.4, -0.2) is 41.2 Å². The SMILES string of the molecule is Cc1ccc(N2CC(CNC(=O)C3CCc4nc[nH]c4C3)OC2=O)cc1. The lowest BCUT2D eigenvalue weighted by molar-refractivity contribution is -0.125. The molecule has 1 fully saturated rings. The monoisotopic (exact) mass is 354 g/mol. The molecule has 2 amide bonds. The molecule has 136 valence electrons. The number of anilines is 1. The number of amides is 2. The normalized spacial score (nSPS) is 22.0. The molecule has 0 bridgehead atoms. The molecular formula is C19H22N4O3. The molecule has 1 aliphatic heterocycles. The average molecular weight is 354 g/mol. The number of carbonyl (C=O) groups excluding carboxylic acids is 2. The minimum atomic E-state index is -0.368. The highest BCUT2D eigenvalue weighted by molar-refractivity contribution is 5.89. The van der Waals surface area contributed by atoms with Crippen LogP contribution in [0.2, 0.25) is 0 Å². The highest BCUT2D eigenvalue weighted by Gasteiger charge is 2.33. The molecule has 2 heterocycles. The molecule has 2 atom stereocenters. The van der Waals surface area contributed by atoms with Crippen LogP contribution in [-0.2, 0) is 22.4 Å². The lowest BCUT2D eigenvalue weighted by Gasteiger charge is -2.21. The summed E-state index contributed by atoms with van der Waals surface area (Å²) in [5.41, 5.74) is 4.06. The van der Waals surface area contributed by atoms with Crippen molar-refractivity contribution >= 4 is 17.7 Å². The lowest BCUT2D eigenvalue weighted by atomic mass is 9.89. The zero-order chi connectivity index (χ0) is 18.1. The Hall–Kier alpha value is -2.83. The van der Waals surface area contributed by atoms with E-state index in [2.05, 4.69) is 15.3 Å². The van der Waals surface area contributed by atoms with E-state index in [0.29, 0.717) is 19.5 Å². The van der Waals surface area contributed by atoms with Gasteiger partial charge in [0, 0.05) is 23.7 Å². The van der Waals surface area contributed by atoms with Crippen molar-refractivity contribution in [3.63, 3.8) is 0 Å². The summed E-state index contributed by atoms with van der Waals surface area (Å²) in [5, 5.41) is 2.94. The molecule has 26 heavy (non-hydrogen) atoms. The number of ether oxygens (including phenoxy) is 1. The molecule has 0 radical (unpaired) electrons. The smallest absolute Gasteiger partial charge is 0.414 e. The summed E-state index contributed by atoms with van der Waals surface area (Å²) in [6.45, 7) is 2.78. The van der Waals surface area contributed by atoms with E-state index in [1.165, 1.54) is 0 Å². The first-order valence-corrected chi connectivity index (χ1v) is 8.94. The summed E-state index contributed by atoms with van der Waals surface area (Å²) >= 11 is 0. The Kier molecular flexibility index (Phi) is 4.36. The maximum absolute atomic E-state index is 12.5. The van der Waals surface area contributed by atoms with E-state index in [1.54, 1.807) is 11.2 Å². The van der Waals surface area contributed by atoms with Crippen LogP contribution in [0.1, 0.15) is 23.4 Å². The second-order valence-corrected chi connectivity index (χ2v) is 6.96. The fraction of sp³-hybridized carbons (Fsp3) is 0.421. The van der Waals surface area contributed by atoms with Crippen molar-refractivity contribution in [3.8, 4) is 0 Å². The molecule has 1 aromatic carbocycles. The molecule has 2 aromatic rings. The zero-order valence-corrected chi connectivity index (χ0v) is 14.7. The van der Waals surface area contributed by atoms with Gasteiger partial charge in [-0.3, -0.25) is 9.69 Å². The van der Waals surface area contributed by atoms with Gasteiger partial charge in [0.05, 0.1) is 25.1 Å². The number of hydrogen-bond acceptors (Lipinski definition) is 4. The number of rotatable bonds is 4. The third kappa shape index (κ3) is 3.29. The molecular weight excluding hydrogens is 332 g/mol. The van der Waals surface area contributed by atoms with E-state index in [1.807, 2.05) is 31.2 Å². The molecule has 2 aliphatic rings. The Morgan fingerprint density at radius 2 is 2.19 bits per heavy atom. The largest absolute Gasteiger partial charge is 0.442 e. The molecule has 0 saturated carbocycles. The third-order valence-corrected chi connectivity index (χ3v) is 5.08. The van der Waals surface area contributed by atoms with Crippen LogP contribution in [0, 0.1) is 12.8 Å². The second kappa shape index (κ2) is 6.82. The topological polar surface area (TPSA) is 87.3 Å². The Bertz CT molecular complexity index is 814. The molecule has 7 heteroatoms. The first-order chi connectivity index (χ1) is 12.6. The van der Waals surface area contributed by atoms with Crippen LogP contribution in [0.15, 0.2) is 30.6 Å². The van der Waals surface area contributed by atoms with Crippen molar-refractivity contribution < 1.29 is 14.3 Å². The number of benzene rings is 1. The van der Waals surface area contributed by atoms with E-state index >= 15 is 0 Å². The summed E-state index contributed by atoms with van der Waals surface area (Å²) in [5.74, 6) is -0.0525. The number of hydrogen-bond donors (Lipinski definition) is 2. The van der Waals surface area contributed by atoms with E-state index in [4.69, 9.17) is 4.74 Å². The number of imidazole rings is 1. The summed E-state index contributed by atoms with van der Waals surface area (Å²) < 4.78 is 5.40. The minimum absolute atomic E-state index is 0.00934. The third-order valence-electron chi connectivity index (χ3n) is 5.08. The number of nitrogens with one attached hydrogen (secondary N) is 2. The first kappa shape index (κ1) is 16.6. The number of aryl methyl sites for hydroxylation is 2. The molecule has 2 unspecified atom stereocenters. The summed E-state index contributed by atoms with van der Waals surface area (Å²) in [7, 11) is 0. The van der Waals surface area contributed by atoms with Gasteiger partial charge in [-0.2, -0.15) is 0 Å². The molecule has 7 nitrogen and oxygen atoms in total. The predicted molar refractivity (Wildman–Crippen MR) is 95.9 cm³/mol. The van der Waals surface area contributed by atoms with Gasteiger partial charge in [0.1, 0.15) is 6.10 Å². The van der Waals surface area contributed by atoms with Gasteiger partial charge in [-0.1, -0.05) is 17.7 Å². The van der Waals surface area contributed by atoms with E-state index in [0.717, 1.165) is 35.5 Å². The molecule has 1 saturated heterocycles. The maximum Gasteiger partial charge on any atom is 0.414 e. The summed E-state index contributed by atoms with van der Waals surface area (Å²) in [4.78, 5) is 33.5. The molecule has 1 aliphatic carbocycles. The quantitative estimate of drug-likeness (QED) is 0.879. The fourth-order valence-corrected chi connectivity index (χ4v) is 3.55. The molecule has 0 spiro atoms. The van der Waals surface area contributed by atoms with Crippen LogP contribution in [0.5, 0.6) is 0 Å². The Morgan fingerprint density at radius 3 is 3.00 bits per heavy atom. The number of cyclic esters (lactones) is 1. The van der Waals surface area contributed by atoms with Crippen molar-refractivity contribution in [2.75, 3.05) is 18.0 Å². The van der Waals surface area contributed by atoms with Crippen LogP contribution >= 0.6 is 0 Å². The second-order valence-electron chi connectivity index (χ2n) is 6.96. The van der Waals surface area contributed by atoms with E-state index < -0.39 is 0 Å². The number of H-pyrrole nitrogens is 1. The van der Waals surface area contributed by atoms with Crippen molar-refractivity contribution in [1.82, 2.24) is 15.3 Å². The van der Waals surface area contributed by atoms with Gasteiger partial charge in [-0.25, -0.2) is 9.78 Å². The summed E-state index contributed by atoms with van der Waals surface area (Å²) in [6, 6.07) is 7.73. The van der Waals surface area contributed by atoms with Gasteiger partial charge in [0.25, 0.3) is 0 Å². The van der Waals surface area contributed by atoms with Crippen molar-refractivity contribution in [2.45, 2.75) is 32.3 Å². The molecule has 4 rings (SSSR count). The van der Waals surface area contributed by atoms with Gasteiger partial charge in [-0.05, 0) is 31.9 Å². The highest BCUT2D eigenvalue weighted by Crippen LogP contribution is 2.24. The van der Waals surface area contributed by atoms with Crippen LogP contribution in [0.4, 0.5) is 10.5 Å². The Morgan fingerprint density at radius 1 is 1.38 bits per heavy atom. The Balaban J connectivity index is 1.31. The first-order valence-electron chi connectivity index (χ1n) is 8.94. The van der Waals surface area contributed by atoms with E-state index in [9.17, 15) is 9.59 Å². The van der Waals surface area contributed by atoms with Gasteiger partial charge in [-0.15, -0.1) is 0 Å². The van der Waals surface area contributed by atoms with Gasteiger partial charge >= 0.3 is 6.09 Å². The van der Waals surface area contributed by atoms with Crippen LogP contribution in [0.3, 0.4) is 0 Å². The highest BCUT2D eigenvalue weighted by atomic mass is 16.6. The molecule has 2 N–H and O–H groups in total. The number of aromatic amines is 1. The van der Waals surface area contributed by atoms with Gasteiger partial charge in [0.15, 0.2) is 0 Å². The van der Waals surface area contributed by atoms with Gasteiger partial charge < -0.3 is 15.0 Å². The Labute approximate surface area is 151 Å². The number of carbonyl (C=O) groups is 2. The number of aromatic nitrogens is 2. The molecule has 1 aromatic heterocycles. The zero-order valence-electron chi connectivity index (χ0n) is 14.7. The number of nitrogens with zero attached hydrogens (tertiary/aromatic N) is 2. The standard InChI is InChI=1S/C19H22N4O3/c1-12-2-5-14(6-3-12)23-10-15(26-19(23)25)9-20-18(24)13-4-7-16-17(8-13)22-11-21-16/h2-3,5-6,11,13,15H,4,7-10H2,1H3,(H,20,24)(H,21,22). The van der Waals surface area contributed by atoms with Crippen molar-refractivity contribution in [2.24, 2.45) is 5.92 Å². The summed E-state index contributed by atoms with van der Waals surface area (Å²) in [6.07, 6.45) is 3.27. The minimum Gasteiger partial charge on any atom is -0.442 e. The average Bonchev–Trinajstić information content (AvgIpc) is 3.26. The lowest BCUT2D eigenvalue weighted by Crippen LogP contribution is -2.39. The van der Waals surface area contributed by atoms with Gasteiger partial charge in [0.2, 0.25) is 5.91 Å². The van der Waals surface area contributed by atoms with E-state index in [-0.39, 0.29) is 24.0 Å². The van der Waals surface area contributed by atoms with Crippen LogP contribution < -0.4 is 10.2 Å².